The van der Waals surface area contributed by atoms with E-state index >= 15 is 0 Å². The number of allylic oxidation sites excluding steroid dienone is 2. The molecule has 7 heteroatoms. The number of nitrogens with zero attached hydrogens (tertiary/aromatic N) is 1. The zero-order valence-electron chi connectivity index (χ0n) is 8.35. The van der Waals surface area contributed by atoms with Gasteiger partial charge in [-0.1, -0.05) is 0 Å². The monoisotopic (exact) mass is 222 g/mol. The van der Waals surface area contributed by atoms with Crippen LogP contribution in [-0.4, -0.2) is 25.9 Å². The number of nitrogens with two attached hydrogens (primary N) is 1. The fraction of sp³-hybridized carbons (Fsp3) is 0.571. The second-order valence-corrected chi connectivity index (χ2v) is 3.58. The van der Waals surface area contributed by atoms with Gasteiger partial charge in [-0.05, 0) is 13.8 Å². The van der Waals surface area contributed by atoms with Crippen LogP contribution in [0.4, 0.5) is 0 Å². The second-order valence-electron chi connectivity index (χ2n) is 2.53. The number of aliphatic imine (C=N–C) groups is 1. The van der Waals surface area contributed by atoms with Gasteiger partial charge in [0.1, 0.15) is 5.70 Å². The van der Waals surface area contributed by atoms with E-state index in [0.717, 1.165) is 5.70 Å². The molecule has 1 aliphatic heterocycles. The summed E-state index contributed by atoms with van der Waals surface area (Å²) in [7, 11) is -4.42. The zero-order valence-corrected chi connectivity index (χ0v) is 9.17. The van der Waals surface area contributed by atoms with Gasteiger partial charge in [-0.15, -0.1) is 0 Å². The van der Waals surface area contributed by atoms with Crippen LogP contribution in [0.2, 0.25) is 0 Å². The van der Waals surface area contributed by atoms with Crippen molar-refractivity contribution >= 4 is 16.7 Å². The fourth-order valence-electron chi connectivity index (χ4n) is 0.628. The summed E-state index contributed by atoms with van der Waals surface area (Å²) in [6.07, 6.45) is 1.82. The van der Waals surface area contributed by atoms with Crippen LogP contribution >= 0.6 is 0 Å². The van der Waals surface area contributed by atoms with Gasteiger partial charge in [0.15, 0.2) is 6.34 Å². The van der Waals surface area contributed by atoms with Crippen molar-refractivity contribution < 1.29 is 22.5 Å². The van der Waals surface area contributed by atoms with Crippen LogP contribution in [0.3, 0.4) is 0 Å². The van der Waals surface area contributed by atoms with E-state index in [9.17, 15) is 13.0 Å². The number of hydrogen-bond donors (Lipinski definition) is 1. The first-order valence-corrected chi connectivity index (χ1v) is 5.35. The average Bonchev–Trinajstić information content (AvgIpc) is 2.35. The van der Waals surface area contributed by atoms with Crippen LogP contribution in [0.15, 0.2) is 16.4 Å². The molecule has 1 aliphatic rings. The molecular weight excluding hydrogens is 208 g/mol. The Labute approximate surface area is 83.6 Å². The normalized spacial score (nSPS) is 15.4. The van der Waals surface area contributed by atoms with E-state index in [1.807, 2.05) is 18.6 Å². The molecule has 0 unspecified atom stereocenters. The minimum Gasteiger partial charge on any atom is -0.726 e. The summed E-state index contributed by atoms with van der Waals surface area (Å²) < 4.78 is 32.0. The lowest BCUT2D eigenvalue weighted by molar-refractivity contribution is -0.469. The lowest BCUT2D eigenvalue weighted by atomic mass is 10.4. The predicted molar refractivity (Wildman–Crippen MR) is 50.1 cm³/mol. The van der Waals surface area contributed by atoms with E-state index < -0.39 is 10.4 Å². The second kappa shape index (κ2) is 5.86. The fourth-order valence-corrected chi connectivity index (χ4v) is 0.916. The standard InChI is InChI=1S/C5H8N2.C2H6O4S/c1-4-5(2)7-3-6-4;1-2-6-7(3,4)5/h3H,1-2H3,(H,6,7);2H2,1H3,(H,3,4,5). The lowest BCUT2D eigenvalue weighted by Crippen LogP contribution is -2.78. The summed E-state index contributed by atoms with van der Waals surface area (Å²) >= 11 is 0. The third kappa shape index (κ3) is 6.72. The van der Waals surface area contributed by atoms with Gasteiger partial charge in [-0.3, -0.25) is 9.50 Å². The minimum atomic E-state index is -4.42. The molecule has 0 aromatic carbocycles. The van der Waals surface area contributed by atoms with Gasteiger partial charge in [0.2, 0.25) is 10.4 Å². The number of hydrogen-bond acceptors (Lipinski definition) is 5. The van der Waals surface area contributed by atoms with Crippen LogP contribution in [0.5, 0.6) is 0 Å². The zero-order chi connectivity index (χ0) is 11.2. The number of quaternary nitrogens is 1. The quantitative estimate of drug-likeness (QED) is 0.495. The molecule has 0 bridgehead atoms. The molecule has 6 nitrogen and oxygen atoms in total. The van der Waals surface area contributed by atoms with Crippen molar-refractivity contribution in [3.63, 3.8) is 0 Å². The summed E-state index contributed by atoms with van der Waals surface area (Å²) in [6.45, 7) is 5.40. The predicted octanol–water partition coefficient (Wildman–Crippen LogP) is -0.674. The van der Waals surface area contributed by atoms with E-state index in [2.05, 4.69) is 16.1 Å². The third-order valence-corrected chi connectivity index (χ3v) is 1.95. The lowest BCUT2D eigenvalue weighted by Gasteiger charge is -2.02. The highest BCUT2D eigenvalue weighted by Crippen LogP contribution is 1.97. The van der Waals surface area contributed by atoms with E-state index in [4.69, 9.17) is 0 Å². The van der Waals surface area contributed by atoms with Crippen LogP contribution in [0.1, 0.15) is 20.8 Å². The molecule has 14 heavy (non-hydrogen) atoms. The van der Waals surface area contributed by atoms with Gasteiger partial charge in [0, 0.05) is 6.92 Å². The van der Waals surface area contributed by atoms with Crippen molar-refractivity contribution in [2.24, 2.45) is 4.99 Å². The Kier molecular flexibility index (Phi) is 5.55. The molecule has 0 aliphatic carbocycles. The van der Waals surface area contributed by atoms with Gasteiger partial charge < -0.3 is 4.55 Å². The Morgan fingerprint density at radius 1 is 1.57 bits per heavy atom. The average molecular weight is 222 g/mol. The summed E-state index contributed by atoms with van der Waals surface area (Å²) in [4.78, 5) is 4.02. The molecule has 0 saturated carbocycles. The Bertz CT molecular complexity index is 332. The van der Waals surface area contributed by atoms with Crippen LogP contribution in [0.25, 0.3) is 0 Å². The molecule has 0 aromatic rings. The molecule has 1 rings (SSSR count). The van der Waals surface area contributed by atoms with Gasteiger partial charge in [0.25, 0.3) is 0 Å². The first kappa shape index (κ1) is 13.2. The van der Waals surface area contributed by atoms with Crippen LogP contribution in [0, 0.1) is 0 Å². The van der Waals surface area contributed by atoms with Crippen molar-refractivity contribution in [3.8, 4) is 0 Å². The van der Waals surface area contributed by atoms with Gasteiger partial charge in [-0.25, -0.2) is 13.4 Å². The van der Waals surface area contributed by atoms with E-state index in [1.165, 1.54) is 12.6 Å². The Hall–Kier alpha value is -0.760. The van der Waals surface area contributed by atoms with Crippen LogP contribution < -0.4 is 5.32 Å². The smallest absolute Gasteiger partial charge is 0.217 e. The molecule has 0 amide bonds. The van der Waals surface area contributed by atoms with E-state index in [-0.39, 0.29) is 6.61 Å². The van der Waals surface area contributed by atoms with Gasteiger partial charge in [0.05, 0.1) is 12.3 Å². The van der Waals surface area contributed by atoms with Crippen molar-refractivity contribution in [2.75, 3.05) is 6.61 Å². The molecule has 0 fully saturated rings. The maximum absolute atomic E-state index is 9.45. The Morgan fingerprint density at radius 2 is 2.14 bits per heavy atom. The van der Waals surface area contributed by atoms with E-state index in [1.54, 1.807) is 0 Å². The molecule has 1 heterocycles. The van der Waals surface area contributed by atoms with E-state index in [0.29, 0.717) is 0 Å². The third-order valence-electron chi connectivity index (χ3n) is 1.43. The topological polar surface area (TPSA) is 95.4 Å². The number of rotatable bonds is 2. The highest BCUT2D eigenvalue weighted by Gasteiger charge is 2.02. The summed E-state index contributed by atoms with van der Waals surface area (Å²) in [6, 6.07) is 0. The van der Waals surface area contributed by atoms with Crippen molar-refractivity contribution in [2.45, 2.75) is 20.8 Å². The maximum atomic E-state index is 9.45. The van der Waals surface area contributed by atoms with Crippen molar-refractivity contribution in [3.05, 3.63) is 11.4 Å². The molecule has 82 valence electrons. The molecule has 0 aromatic heterocycles. The van der Waals surface area contributed by atoms with Gasteiger partial charge >= 0.3 is 0 Å². The maximum Gasteiger partial charge on any atom is 0.217 e. The molecule has 2 N–H and O–H groups in total. The first-order chi connectivity index (χ1) is 6.37. The molecule has 0 spiro atoms. The highest BCUT2D eigenvalue weighted by molar-refractivity contribution is 7.80. The highest BCUT2D eigenvalue weighted by atomic mass is 32.3. The SMILES string of the molecule is CC1=C(C)[NH2+]C=N1.CCOS(=O)(=O)[O-]. The van der Waals surface area contributed by atoms with Crippen molar-refractivity contribution in [1.82, 2.24) is 0 Å². The molecule has 0 radical (unpaired) electrons. The largest absolute Gasteiger partial charge is 0.726 e. The Morgan fingerprint density at radius 3 is 2.21 bits per heavy atom. The van der Waals surface area contributed by atoms with Crippen LogP contribution in [-0.2, 0) is 14.6 Å². The molecular formula is C7H14N2O4S. The summed E-state index contributed by atoms with van der Waals surface area (Å²) in [5.41, 5.74) is 2.42. The summed E-state index contributed by atoms with van der Waals surface area (Å²) in [5.74, 6) is 0. The van der Waals surface area contributed by atoms with Gasteiger partial charge in [-0.2, -0.15) is 0 Å². The minimum absolute atomic E-state index is 0.0914. The molecule has 0 atom stereocenters. The first-order valence-electron chi connectivity index (χ1n) is 4.02. The molecule has 0 saturated heterocycles. The van der Waals surface area contributed by atoms with Crippen molar-refractivity contribution in [1.29, 1.82) is 0 Å². The Balaban J connectivity index is 0.000000241. The summed E-state index contributed by atoms with van der Waals surface area (Å²) in [5, 5.41) is 2.01.